The van der Waals surface area contributed by atoms with Crippen molar-refractivity contribution < 1.29 is 9.59 Å². The van der Waals surface area contributed by atoms with E-state index in [0.717, 1.165) is 18.4 Å². The predicted molar refractivity (Wildman–Crippen MR) is 81.6 cm³/mol. The summed E-state index contributed by atoms with van der Waals surface area (Å²) in [4.78, 5) is 27.0. The number of hydrogen-bond acceptors (Lipinski definition) is 2. The molecule has 3 aliphatic rings. The minimum absolute atomic E-state index is 0.0301. The second-order valence-corrected chi connectivity index (χ2v) is 7.27. The number of amides is 2. The number of carbonyl (C=O) groups excluding carboxylic acids is 2. The Morgan fingerprint density at radius 2 is 1.95 bits per heavy atom. The summed E-state index contributed by atoms with van der Waals surface area (Å²) in [6, 6.07) is 0. The zero-order valence-corrected chi connectivity index (χ0v) is 13.4. The Morgan fingerprint density at radius 3 is 2.52 bits per heavy atom. The zero-order valence-electron chi connectivity index (χ0n) is 13.4. The molecule has 3 rings (SSSR count). The van der Waals surface area contributed by atoms with Crippen LogP contribution in [0.1, 0.15) is 58.8 Å². The van der Waals surface area contributed by atoms with Crippen molar-refractivity contribution in [3.05, 3.63) is 0 Å². The van der Waals surface area contributed by atoms with Gasteiger partial charge in [-0.3, -0.25) is 9.59 Å². The predicted octanol–water partition coefficient (Wildman–Crippen LogP) is 2.33. The summed E-state index contributed by atoms with van der Waals surface area (Å²) in [5.74, 6) is 2.59. The number of carbonyl (C=O) groups is 2. The van der Waals surface area contributed by atoms with Gasteiger partial charge in [0.15, 0.2) is 0 Å². The van der Waals surface area contributed by atoms with Crippen molar-refractivity contribution in [2.24, 2.45) is 17.8 Å². The monoisotopic (exact) mass is 292 g/mol. The van der Waals surface area contributed by atoms with Crippen LogP contribution in [0.4, 0.5) is 0 Å². The highest BCUT2D eigenvalue weighted by molar-refractivity contribution is 5.93. The first-order valence-electron chi connectivity index (χ1n) is 8.68. The maximum absolute atomic E-state index is 13.0. The molecule has 4 nitrogen and oxygen atoms in total. The van der Waals surface area contributed by atoms with Crippen molar-refractivity contribution in [3.63, 3.8) is 0 Å². The molecule has 2 saturated carbocycles. The normalized spacial score (nSPS) is 35.0. The molecule has 0 radical (unpaired) electrons. The van der Waals surface area contributed by atoms with Gasteiger partial charge in [0.25, 0.3) is 0 Å². The van der Waals surface area contributed by atoms with Gasteiger partial charge in [-0.1, -0.05) is 20.3 Å². The zero-order chi connectivity index (χ0) is 15.0. The van der Waals surface area contributed by atoms with Gasteiger partial charge >= 0.3 is 0 Å². The third-order valence-corrected chi connectivity index (χ3v) is 6.23. The first-order chi connectivity index (χ1) is 10.1. The Labute approximate surface area is 127 Å². The largest absolute Gasteiger partial charge is 0.342 e. The Kier molecular flexibility index (Phi) is 3.98. The molecule has 2 amide bonds. The van der Waals surface area contributed by atoms with Crippen molar-refractivity contribution in [1.29, 1.82) is 0 Å². The van der Waals surface area contributed by atoms with Crippen molar-refractivity contribution in [3.8, 4) is 0 Å². The maximum atomic E-state index is 13.0. The molecule has 0 aromatic rings. The molecule has 4 heteroatoms. The topological polar surface area (TPSA) is 49.4 Å². The first-order valence-corrected chi connectivity index (χ1v) is 8.68. The van der Waals surface area contributed by atoms with E-state index in [4.69, 9.17) is 0 Å². The summed E-state index contributed by atoms with van der Waals surface area (Å²) in [7, 11) is 0. The van der Waals surface area contributed by atoms with Crippen LogP contribution < -0.4 is 5.32 Å². The summed E-state index contributed by atoms with van der Waals surface area (Å²) < 4.78 is 0. The van der Waals surface area contributed by atoms with Crippen LogP contribution in [-0.4, -0.2) is 35.3 Å². The Morgan fingerprint density at radius 1 is 1.19 bits per heavy atom. The molecule has 1 saturated heterocycles. The molecular weight excluding hydrogens is 264 g/mol. The number of fused-ring (bicyclic) bond motifs is 2. The van der Waals surface area contributed by atoms with Gasteiger partial charge in [-0.25, -0.2) is 0 Å². The summed E-state index contributed by atoms with van der Waals surface area (Å²) in [6.45, 7) is 5.47. The van der Waals surface area contributed by atoms with E-state index in [-0.39, 0.29) is 11.8 Å². The van der Waals surface area contributed by atoms with Gasteiger partial charge in [0.1, 0.15) is 5.54 Å². The minimum Gasteiger partial charge on any atom is -0.342 e. The number of hydrogen-bond donors (Lipinski definition) is 1. The molecular formula is C17H28N2O2. The van der Waals surface area contributed by atoms with E-state index in [1.54, 1.807) is 0 Å². The lowest BCUT2D eigenvalue weighted by molar-refractivity contribution is -0.140. The molecule has 3 fully saturated rings. The quantitative estimate of drug-likeness (QED) is 0.864. The van der Waals surface area contributed by atoms with Gasteiger partial charge in [-0.2, -0.15) is 0 Å². The van der Waals surface area contributed by atoms with E-state index >= 15 is 0 Å². The smallest absolute Gasteiger partial charge is 0.248 e. The minimum atomic E-state index is -0.662. The van der Waals surface area contributed by atoms with E-state index in [0.29, 0.717) is 31.7 Å². The maximum Gasteiger partial charge on any atom is 0.248 e. The Hall–Kier alpha value is -1.06. The third kappa shape index (κ3) is 2.58. The number of nitrogens with one attached hydrogen (secondary N) is 1. The molecule has 2 aliphatic carbocycles. The van der Waals surface area contributed by atoms with Crippen molar-refractivity contribution in [1.82, 2.24) is 10.2 Å². The molecule has 0 spiro atoms. The highest BCUT2D eigenvalue weighted by Crippen LogP contribution is 2.48. The van der Waals surface area contributed by atoms with E-state index in [9.17, 15) is 9.59 Å². The molecule has 0 aromatic heterocycles. The number of rotatable bonds is 4. The Balaban J connectivity index is 1.74. The highest BCUT2D eigenvalue weighted by Gasteiger charge is 2.45. The van der Waals surface area contributed by atoms with Crippen LogP contribution in [0.2, 0.25) is 0 Å². The van der Waals surface area contributed by atoms with Crippen LogP contribution in [0.25, 0.3) is 0 Å². The first kappa shape index (κ1) is 14.9. The van der Waals surface area contributed by atoms with Gasteiger partial charge in [-0.15, -0.1) is 0 Å². The van der Waals surface area contributed by atoms with Crippen LogP contribution >= 0.6 is 0 Å². The van der Waals surface area contributed by atoms with Crippen LogP contribution in [0.3, 0.4) is 0 Å². The molecule has 0 aromatic carbocycles. The lowest BCUT2D eigenvalue weighted by atomic mass is 9.87. The van der Waals surface area contributed by atoms with Gasteiger partial charge in [-0.05, 0) is 49.9 Å². The Bertz CT molecular complexity index is 431. The van der Waals surface area contributed by atoms with Gasteiger partial charge in [0.2, 0.25) is 11.8 Å². The molecule has 1 heterocycles. The second kappa shape index (κ2) is 5.62. The van der Waals surface area contributed by atoms with Crippen LogP contribution in [0.15, 0.2) is 0 Å². The summed E-state index contributed by atoms with van der Waals surface area (Å²) >= 11 is 0. The second-order valence-electron chi connectivity index (χ2n) is 7.27. The lowest BCUT2D eigenvalue weighted by Crippen LogP contribution is -2.57. The fourth-order valence-electron chi connectivity index (χ4n) is 4.81. The third-order valence-electron chi connectivity index (χ3n) is 6.23. The van der Waals surface area contributed by atoms with Crippen LogP contribution in [0.5, 0.6) is 0 Å². The molecule has 3 unspecified atom stereocenters. The molecule has 1 aliphatic heterocycles. The summed E-state index contributed by atoms with van der Waals surface area (Å²) in [5.41, 5.74) is -0.662. The number of nitrogens with zero attached hydrogens (tertiary/aromatic N) is 1. The van der Waals surface area contributed by atoms with Crippen molar-refractivity contribution >= 4 is 11.8 Å². The molecule has 1 N–H and O–H groups in total. The van der Waals surface area contributed by atoms with E-state index < -0.39 is 5.54 Å². The fourth-order valence-corrected chi connectivity index (χ4v) is 4.81. The van der Waals surface area contributed by atoms with E-state index in [1.165, 1.54) is 25.7 Å². The van der Waals surface area contributed by atoms with Crippen LogP contribution in [-0.2, 0) is 9.59 Å². The van der Waals surface area contributed by atoms with Gasteiger partial charge in [0, 0.05) is 19.5 Å². The SMILES string of the molecule is CCC1(CC)NC(=O)CCN(CC2CC3CCC2C3)C1=O. The summed E-state index contributed by atoms with van der Waals surface area (Å²) in [6.07, 6.45) is 7.22. The molecule has 2 bridgehead atoms. The van der Waals surface area contributed by atoms with Gasteiger partial charge in [0.05, 0.1) is 0 Å². The fraction of sp³-hybridized carbons (Fsp3) is 0.882. The van der Waals surface area contributed by atoms with Crippen molar-refractivity contribution in [2.45, 2.75) is 64.3 Å². The van der Waals surface area contributed by atoms with Crippen LogP contribution in [0, 0.1) is 17.8 Å². The average molecular weight is 292 g/mol. The lowest BCUT2D eigenvalue weighted by Gasteiger charge is -2.36. The molecule has 21 heavy (non-hydrogen) atoms. The average Bonchev–Trinajstić information content (AvgIpc) is 3.08. The molecule has 3 atom stereocenters. The van der Waals surface area contributed by atoms with E-state index in [2.05, 4.69) is 5.32 Å². The highest BCUT2D eigenvalue weighted by atomic mass is 16.2. The van der Waals surface area contributed by atoms with E-state index in [1.807, 2.05) is 18.7 Å². The standard InChI is InChI=1S/C17H28N2O2/c1-3-17(4-2)16(21)19(8-7-15(20)18-17)11-14-10-12-5-6-13(14)9-12/h12-14H,3-11H2,1-2H3,(H,18,20). The summed E-state index contributed by atoms with van der Waals surface area (Å²) in [5, 5.41) is 3.00. The molecule has 118 valence electrons. The van der Waals surface area contributed by atoms with Crippen molar-refractivity contribution in [2.75, 3.05) is 13.1 Å². The van der Waals surface area contributed by atoms with Gasteiger partial charge < -0.3 is 10.2 Å².